The molecule has 1 aromatic heterocycles. The molecule has 0 spiro atoms. The molecule has 2 aliphatic rings. The van der Waals surface area contributed by atoms with Gasteiger partial charge in [-0.3, -0.25) is 14.9 Å². The van der Waals surface area contributed by atoms with Crippen LogP contribution in [0.4, 0.5) is 10.6 Å². The number of rotatable bonds is 5. The average molecular weight is 450 g/mol. The molecular weight excluding hydrogens is 418 g/mol. The molecule has 1 unspecified atom stereocenters. The van der Waals surface area contributed by atoms with Gasteiger partial charge in [0.25, 0.3) is 11.8 Å². The number of urea groups is 1. The standard InChI is InChI=1S/C25H31N5O3/c1-5-10-25(23(32)27-24(33)28-25)20-8-6-19(7-9-20)22(31)30-13-11-29(12-14-30)21-17(3)15-16(2)18(4)26-21/h6-9,15H,5,10-14H2,1-4H3,(H2,27,28,32,33). The fraction of sp³-hybridized carbons (Fsp3) is 0.440. The third-order valence-electron chi connectivity index (χ3n) is 6.69. The maximum Gasteiger partial charge on any atom is 0.322 e. The zero-order chi connectivity index (χ0) is 23.8. The number of nitrogens with zero attached hydrogens (tertiary/aromatic N) is 3. The number of pyridine rings is 1. The van der Waals surface area contributed by atoms with Crippen LogP contribution in [0.1, 0.15) is 52.5 Å². The highest BCUT2D eigenvalue weighted by Gasteiger charge is 2.46. The van der Waals surface area contributed by atoms with E-state index < -0.39 is 11.6 Å². The first kappa shape index (κ1) is 22.8. The van der Waals surface area contributed by atoms with Crippen molar-refractivity contribution in [1.82, 2.24) is 20.5 Å². The predicted molar refractivity (Wildman–Crippen MR) is 126 cm³/mol. The van der Waals surface area contributed by atoms with Crippen molar-refractivity contribution in [2.24, 2.45) is 0 Å². The molecule has 8 nitrogen and oxygen atoms in total. The molecule has 0 saturated carbocycles. The van der Waals surface area contributed by atoms with Crippen molar-refractivity contribution in [3.05, 3.63) is 58.3 Å². The topological polar surface area (TPSA) is 94.6 Å². The third kappa shape index (κ3) is 4.17. The summed E-state index contributed by atoms with van der Waals surface area (Å²) < 4.78 is 0. The minimum absolute atomic E-state index is 0.0320. The highest BCUT2D eigenvalue weighted by Crippen LogP contribution is 2.30. The van der Waals surface area contributed by atoms with E-state index in [1.807, 2.05) is 18.7 Å². The van der Waals surface area contributed by atoms with Gasteiger partial charge in [0, 0.05) is 37.4 Å². The monoisotopic (exact) mass is 449 g/mol. The summed E-state index contributed by atoms with van der Waals surface area (Å²) in [6.07, 6.45) is 1.22. The Kier molecular flexibility index (Phi) is 6.10. The van der Waals surface area contributed by atoms with Crippen molar-refractivity contribution >= 4 is 23.7 Å². The van der Waals surface area contributed by atoms with Crippen LogP contribution in [0.2, 0.25) is 0 Å². The summed E-state index contributed by atoms with van der Waals surface area (Å²) in [4.78, 5) is 46.2. The van der Waals surface area contributed by atoms with Crippen LogP contribution in [0.15, 0.2) is 30.3 Å². The van der Waals surface area contributed by atoms with Crippen molar-refractivity contribution in [2.45, 2.75) is 46.1 Å². The fourth-order valence-corrected chi connectivity index (χ4v) is 4.74. The number of anilines is 1. The Morgan fingerprint density at radius 1 is 1.03 bits per heavy atom. The number of benzene rings is 1. The minimum atomic E-state index is -1.07. The molecule has 2 fully saturated rings. The molecule has 174 valence electrons. The van der Waals surface area contributed by atoms with Gasteiger partial charge in [0.2, 0.25) is 0 Å². The highest BCUT2D eigenvalue weighted by molar-refractivity contribution is 6.07. The highest BCUT2D eigenvalue weighted by atomic mass is 16.2. The molecule has 0 radical (unpaired) electrons. The van der Waals surface area contributed by atoms with E-state index in [9.17, 15) is 14.4 Å². The second-order valence-electron chi connectivity index (χ2n) is 8.95. The van der Waals surface area contributed by atoms with Gasteiger partial charge in [-0.15, -0.1) is 0 Å². The van der Waals surface area contributed by atoms with Crippen molar-refractivity contribution in [3.8, 4) is 0 Å². The van der Waals surface area contributed by atoms with Crippen molar-refractivity contribution < 1.29 is 14.4 Å². The largest absolute Gasteiger partial charge is 0.353 e. The molecular formula is C25H31N5O3. The molecule has 4 amide bonds. The van der Waals surface area contributed by atoms with E-state index in [1.54, 1.807) is 24.3 Å². The van der Waals surface area contributed by atoms with Gasteiger partial charge >= 0.3 is 6.03 Å². The molecule has 4 rings (SSSR count). The Morgan fingerprint density at radius 3 is 2.27 bits per heavy atom. The zero-order valence-electron chi connectivity index (χ0n) is 19.7. The van der Waals surface area contributed by atoms with Crippen molar-refractivity contribution in [2.75, 3.05) is 31.1 Å². The number of imide groups is 1. The van der Waals surface area contributed by atoms with E-state index in [4.69, 9.17) is 4.98 Å². The Hall–Kier alpha value is -3.42. The number of carbonyl (C=O) groups excluding carboxylic acids is 3. The van der Waals surface area contributed by atoms with E-state index in [2.05, 4.69) is 35.4 Å². The number of carbonyl (C=O) groups is 3. The van der Waals surface area contributed by atoms with E-state index in [-0.39, 0.29) is 11.8 Å². The van der Waals surface area contributed by atoms with Gasteiger partial charge < -0.3 is 15.1 Å². The summed E-state index contributed by atoms with van der Waals surface area (Å²) in [6, 6.07) is 8.71. The second kappa shape index (κ2) is 8.84. The summed E-state index contributed by atoms with van der Waals surface area (Å²) in [6.45, 7) is 10.8. The molecule has 0 aliphatic carbocycles. The van der Waals surface area contributed by atoms with Crippen LogP contribution < -0.4 is 15.5 Å². The molecule has 2 aromatic rings. The predicted octanol–water partition coefficient (Wildman–Crippen LogP) is 2.80. The molecule has 1 atom stereocenters. The minimum Gasteiger partial charge on any atom is -0.353 e. The Morgan fingerprint density at radius 2 is 1.70 bits per heavy atom. The smallest absolute Gasteiger partial charge is 0.322 e. The lowest BCUT2D eigenvalue weighted by atomic mass is 9.85. The SMILES string of the molecule is CCCC1(c2ccc(C(=O)N3CCN(c4nc(C)c(C)cc4C)CC3)cc2)NC(=O)NC1=O. The van der Waals surface area contributed by atoms with Gasteiger partial charge in [0.1, 0.15) is 11.4 Å². The number of amides is 4. The molecule has 2 aliphatic heterocycles. The molecule has 0 bridgehead atoms. The van der Waals surface area contributed by atoms with Crippen LogP contribution in [0.3, 0.4) is 0 Å². The lowest BCUT2D eigenvalue weighted by Gasteiger charge is -2.36. The summed E-state index contributed by atoms with van der Waals surface area (Å²) in [5.41, 5.74) is 3.55. The Bertz CT molecular complexity index is 1090. The Labute approximate surface area is 194 Å². The summed E-state index contributed by atoms with van der Waals surface area (Å²) in [5, 5.41) is 5.11. The quantitative estimate of drug-likeness (QED) is 0.685. The summed E-state index contributed by atoms with van der Waals surface area (Å²) >= 11 is 0. The maximum absolute atomic E-state index is 13.1. The van der Waals surface area contributed by atoms with Gasteiger partial charge in [-0.2, -0.15) is 0 Å². The Balaban J connectivity index is 1.45. The van der Waals surface area contributed by atoms with Crippen LogP contribution in [-0.4, -0.2) is 53.9 Å². The molecule has 2 N–H and O–H groups in total. The van der Waals surface area contributed by atoms with Gasteiger partial charge in [0.05, 0.1) is 0 Å². The van der Waals surface area contributed by atoms with Crippen LogP contribution in [0, 0.1) is 20.8 Å². The van der Waals surface area contributed by atoms with Crippen LogP contribution in [0.25, 0.3) is 0 Å². The zero-order valence-corrected chi connectivity index (χ0v) is 19.7. The van der Waals surface area contributed by atoms with Crippen LogP contribution in [-0.2, 0) is 10.3 Å². The molecule has 33 heavy (non-hydrogen) atoms. The fourth-order valence-electron chi connectivity index (χ4n) is 4.74. The number of hydrogen-bond acceptors (Lipinski definition) is 5. The number of nitrogens with one attached hydrogen (secondary N) is 2. The first-order chi connectivity index (χ1) is 15.7. The number of hydrogen-bond donors (Lipinski definition) is 2. The van der Waals surface area contributed by atoms with Crippen LogP contribution >= 0.6 is 0 Å². The normalized spacial score (nSPS) is 20.6. The molecule has 3 heterocycles. The lowest BCUT2D eigenvalue weighted by molar-refractivity contribution is -0.124. The summed E-state index contributed by atoms with van der Waals surface area (Å²) in [5.74, 6) is 0.614. The van der Waals surface area contributed by atoms with Crippen LogP contribution in [0.5, 0.6) is 0 Å². The van der Waals surface area contributed by atoms with Crippen molar-refractivity contribution in [1.29, 1.82) is 0 Å². The number of aromatic nitrogens is 1. The van der Waals surface area contributed by atoms with Gasteiger partial charge in [-0.05, 0) is 56.0 Å². The first-order valence-electron chi connectivity index (χ1n) is 11.5. The second-order valence-corrected chi connectivity index (χ2v) is 8.95. The summed E-state index contributed by atoms with van der Waals surface area (Å²) in [7, 11) is 0. The van der Waals surface area contributed by atoms with E-state index in [0.717, 1.165) is 36.6 Å². The number of piperazine rings is 1. The average Bonchev–Trinajstić information content (AvgIpc) is 3.10. The van der Waals surface area contributed by atoms with Crippen molar-refractivity contribution in [3.63, 3.8) is 0 Å². The molecule has 2 saturated heterocycles. The maximum atomic E-state index is 13.1. The first-order valence-corrected chi connectivity index (χ1v) is 11.5. The number of aryl methyl sites for hydroxylation is 3. The molecule has 1 aromatic carbocycles. The molecule has 8 heteroatoms. The van der Waals surface area contributed by atoms with Gasteiger partial charge in [-0.25, -0.2) is 9.78 Å². The van der Waals surface area contributed by atoms with E-state index >= 15 is 0 Å². The van der Waals surface area contributed by atoms with E-state index in [1.165, 1.54) is 5.56 Å². The third-order valence-corrected chi connectivity index (χ3v) is 6.69. The van der Waals surface area contributed by atoms with Gasteiger partial charge in [-0.1, -0.05) is 31.5 Å². The van der Waals surface area contributed by atoms with Gasteiger partial charge in [0.15, 0.2) is 0 Å². The lowest BCUT2D eigenvalue weighted by Crippen LogP contribution is -2.49. The van der Waals surface area contributed by atoms with E-state index in [0.29, 0.717) is 30.6 Å².